The Morgan fingerprint density at radius 1 is 1.06 bits per heavy atom. The summed E-state index contributed by atoms with van der Waals surface area (Å²) in [6, 6.07) is 9.11. The molecule has 0 saturated carbocycles. The van der Waals surface area contributed by atoms with E-state index >= 15 is 0 Å². The molecular weight excluding hydrogens is 420 g/mol. The number of aromatic amines is 1. The van der Waals surface area contributed by atoms with Crippen molar-refractivity contribution in [2.75, 3.05) is 14.1 Å². The molecule has 8 heteroatoms. The number of pyridine rings is 2. The number of hydrogen-bond acceptors (Lipinski definition) is 4. The summed E-state index contributed by atoms with van der Waals surface area (Å²) in [6.45, 7) is 3.79. The number of hydrogen-bond donors (Lipinski definition) is 1. The number of amides is 1. The van der Waals surface area contributed by atoms with Crippen molar-refractivity contribution in [1.82, 2.24) is 19.0 Å². The first-order chi connectivity index (χ1) is 15.7. The number of para-hydroxylation sites is 1. The average Bonchev–Trinajstić information content (AvgIpc) is 3.25. The van der Waals surface area contributed by atoms with Crippen molar-refractivity contribution in [3.8, 4) is 22.6 Å². The van der Waals surface area contributed by atoms with Crippen LogP contribution in [0.25, 0.3) is 22.0 Å². The fourth-order valence-corrected chi connectivity index (χ4v) is 3.81. The van der Waals surface area contributed by atoms with Gasteiger partial charge in [-0.2, -0.15) is 0 Å². The molecule has 0 fully saturated rings. The highest BCUT2D eigenvalue weighted by atomic mass is 16.5. The first-order valence-electron chi connectivity index (χ1n) is 10.5. The number of carbonyl (C=O) groups is 1. The van der Waals surface area contributed by atoms with Crippen LogP contribution in [0, 0.1) is 13.8 Å². The summed E-state index contributed by atoms with van der Waals surface area (Å²) < 4.78 is 9.19. The molecule has 8 nitrogen and oxygen atoms in total. The number of benzene rings is 1. The maximum absolute atomic E-state index is 13.0. The van der Waals surface area contributed by atoms with E-state index in [1.807, 2.05) is 32.0 Å². The van der Waals surface area contributed by atoms with Crippen LogP contribution in [-0.2, 0) is 18.4 Å². The van der Waals surface area contributed by atoms with Crippen LogP contribution in [0.2, 0.25) is 0 Å². The molecule has 3 heterocycles. The fourth-order valence-electron chi connectivity index (χ4n) is 3.81. The standard InChI is InChI=1S/C25H26N4O4/c1-15-7-6-8-16(2)24(15)33-20-13-29(14-22(31)27(3)4)21(30)11-18(20)19-12-28(5)25(32)23-17(19)9-10-26-23/h6-13,26H,14H2,1-5H3. The van der Waals surface area contributed by atoms with Gasteiger partial charge in [0.25, 0.3) is 11.1 Å². The molecule has 0 radical (unpaired) electrons. The Hall–Kier alpha value is -4.07. The molecule has 0 saturated heterocycles. The van der Waals surface area contributed by atoms with Crippen molar-refractivity contribution in [3.63, 3.8) is 0 Å². The van der Waals surface area contributed by atoms with Crippen LogP contribution >= 0.6 is 0 Å². The SMILES string of the molecule is Cc1cccc(C)c1Oc1cn(CC(=O)N(C)C)c(=O)cc1-c1cn(C)c(=O)c2[nH]ccc12. The number of H-pyrrole nitrogens is 1. The van der Waals surface area contributed by atoms with E-state index in [1.54, 1.807) is 45.8 Å². The van der Waals surface area contributed by atoms with Gasteiger partial charge in [0.1, 0.15) is 17.8 Å². The minimum Gasteiger partial charge on any atom is -0.455 e. The minimum absolute atomic E-state index is 0.109. The summed E-state index contributed by atoms with van der Waals surface area (Å²) in [5, 5.41) is 0.686. The van der Waals surface area contributed by atoms with Crippen molar-refractivity contribution in [2.45, 2.75) is 20.4 Å². The van der Waals surface area contributed by atoms with Gasteiger partial charge in [-0.15, -0.1) is 0 Å². The lowest BCUT2D eigenvalue weighted by molar-refractivity contribution is -0.129. The summed E-state index contributed by atoms with van der Waals surface area (Å²) in [4.78, 5) is 42.3. The van der Waals surface area contributed by atoms with Gasteiger partial charge in [-0.25, -0.2) is 0 Å². The molecule has 33 heavy (non-hydrogen) atoms. The van der Waals surface area contributed by atoms with Crippen LogP contribution in [0.4, 0.5) is 0 Å². The van der Waals surface area contributed by atoms with Gasteiger partial charge in [-0.05, 0) is 31.0 Å². The second kappa shape index (κ2) is 8.46. The molecule has 0 unspecified atom stereocenters. The number of nitrogens with one attached hydrogen (secondary N) is 1. The predicted octanol–water partition coefficient (Wildman–Crippen LogP) is 3.19. The van der Waals surface area contributed by atoms with Gasteiger partial charge in [0.15, 0.2) is 5.75 Å². The van der Waals surface area contributed by atoms with E-state index in [9.17, 15) is 14.4 Å². The van der Waals surface area contributed by atoms with E-state index in [0.717, 1.165) is 11.1 Å². The summed E-state index contributed by atoms with van der Waals surface area (Å²) in [7, 11) is 4.95. The van der Waals surface area contributed by atoms with Crippen molar-refractivity contribution in [3.05, 3.63) is 80.8 Å². The molecular formula is C25H26N4O4. The molecule has 1 aromatic carbocycles. The molecule has 0 bridgehead atoms. The zero-order chi connectivity index (χ0) is 23.9. The lowest BCUT2D eigenvalue weighted by atomic mass is 10.0. The number of aryl methyl sites for hydroxylation is 3. The Morgan fingerprint density at radius 2 is 1.76 bits per heavy atom. The van der Waals surface area contributed by atoms with Gasteiger partial charge < -0.3 is 23.8 Å². The number of nitrogens with zero attached hydrogens (tertiary/aromatic N) is 3. The maximum Gasteiger partial charge on any atom is 0.274 e. The molecule has 0 aliphatic rings. The number of rotatable bonds is 5. The van der Waals surface area contributed by atoms with Crippen LogP contribution < -0.4 is 15.9 Å². The third-order valence-electron chi connectivity index (χ3n) is 5.70. The molecule has 4 rings (SSSR count). The van der Waals surface area contributed by atoms with E-state index < -0.39 is 0 Å². The van der Waals surface area contributed by atoms with Crippen molar-refractivity contribution in [1.29, 1.82) is 0 Å². The largest absolute Gasteiger partial charge is 0.455 e. The summed E-state index contributed by atoms with van der Waals surface area (Å²) in [6.07, 6.45) is 4.95. The smallest absolute Gasteiger partial charge is 0.274 e. The van der Waals surface area contributed by atoms with E-state index in [4.69, 9.17) is 4.74 Å². The van der Waals surface area contributed by atoms with Crippen molar-refractivity contribution >= 4 is 16.8 Å². The number of carbonyl (C=O) groups excluding carboxylic acids is 1. The molecule has 0 atom stereocenters. The van der Waals surface area contributed by atoms with Gasteiger partial charge in [0.2, 0.25) is 5.91 Å². The molecule has 4 aromatic rings. The summed E-state index contributed by atoms with van der Waals surface area (Å²) >= 11 is 0. The first-order valence-corrected chi connectivity index (χ1v) is 10.5. The number of likely N-dealkylation sites (N-methyl/N-ethyl adjacent to an activating group) is 1. The summed E-state index contributed by atoms with van der Waals surface area (Å²) in [5.41, 5.74) is 3.03. The molecule has 170 valence electrons. The van der Waals surface area contributed by atoms with E-state index in [0.29, 0.717) is 33.5 Å². The lowest BCUT2D eigenvalue weighted by Gasteiger charge is -2.18. The minimum atomic E-state index is -0.341. The zero-order valence-electron chi connectivity index (χ0n) is 19.3. The van der Waals surface area contributed by atoms with E-state index in [-0.39, 0.29) is 23.6 Å². The zero-order valence-corrected chi connectivity index (χ0v) is 19.3. The first kappa shape index (κ1) is 22.1. The lowest BCUT2D eigenvalue weighted by Crippen LogP contribution is -2.31. The second-order valence-electron chi connectivity index (χ2n) is 8.35. The van der Waals surface area contributed by atoms with Crippen LogP contribution in [0.1, 0.15) is 11.1 Å². The highest BCUT2D eigenvalue weighted by molar-refractivity contribution is 5.95. The molecule has 1 N–H and O–H groups in total. The topological polar surface area (TPSA) is 89.3 Å². The second-order valence-corrected chi connectivity index (χ2v) is 8.35. The predicted molar refractivity (Wildman–Crippen MR) is 128 cm³/mol. The number of ether oxygens (including phenoxy) is 1. The van der Waals surface area contributed by atoms with E-state index in [1.165, 1.54) is 20.1 Å². The van der Waals surface area contributed by atoms with Gasteiger partial charge >= 0.3 is 0 Å². The monoisotopic (exact) mass is 446 g/mol. The Kier molecular flexibility index (Phi) is 5.68. The van der Waals surface area contributed by atoms with Gasteiger partial charge in [0, 0.05) is 56.1 Å². The highest BCUT2D eigenvalue weighted by Gasteiger charge is 2.19. The molecule has 0 aliphatic carbocycles. The Balaban J connectivity index is 1.97. The number of aromatic nitrogens is 3. The Labute approximate surface area is 190 Å². The van der Waals surface area contributed by atoms with Gasteiger partial charge in [-0.3, -0.25) is 14.4 Å². The number of fused-ring (bicyclic) bond motifs is 1. The fraction of sp³-hybridized carbons (Fsp3) is 0.240. The normalized spacial score (nSPS) is 11.1. The van der Waals surface area contributed by atoms with Crippen LogP contribution in [0.15, 0.2) is 58.5 Å². The van der Waals surface area contributed by atoms with Gasteiger partial charge in [0.05, 0.1) is 6.20 Å². The van der Waals surface area contributed by atoms with Crippen LogP contribution in [0.5, 0.6) is 11.5 Å². The van der Waals surface area contributed by atoms with Crippen LogP contribution in [0.3, 0.4) is 0 Å². The third kappa shape index (κ3) is 4.07. The Bertz CT molecular complexity index is 1470. The van der Waals surface area contributed by atoms with Gasteiger partial charge in [-0.1, -0.05) is 18.2 Å². The maximum atomic E-state index is 13.0. The Morgan fingerprint density at radius 3 is 2.42 bits per heavy atom. The molecule has 0 aliphatic heterocycles. The van der Waals surface area contributed by atoms with Crippen LogP contribution in [-0.4, -0.2) is 39.0 Å². The van der Waals surface area contributed by atoms with Crippen molar-refractivity contribution in [2.24, 2.45) is 7.05 Å². The molecule has 3 aromatic heterocycles. The van der Waals surface area contributed by atoms with Crippen molar-refractivity contribution < 1.29 is 9.53 Å². The highest BCUT2D eigenvalue weighted by Crippen LogP contribution is 2.37. The molecule has 0 spiro atoms. The quantitative estimate of drug-likeness (QED) is 0.510. The molecule has 1 amide bonds. The average molecular weight is 447 g/mol. The van der Waals surface area contributed by atoms with E-state index in [2.05, 4.69) is 4.98 Å². The third-order valence-corrected chi connectivity index (χ3v) is 5.70. The summed E-state index contributed by atoms with van der Waals surface area (Å²) in [5.74, 6) is 0.885.